The van der Waals surface area contributed by atoms with Gasteiger partial charge in [-0.1, -0.05) is 24.3 Å². The zero-order valence-corrected chi connectivity index (χ0v) is 17.5. The van der Waals surface area contributed by atoms with Gasteiger partial charge in [-0.05, 0) is 54.3 Å². The Labute approximate surface area is 180 Å². The number of hydrogen-bond acceptors (Lipinski definition) is 3. The Hall–Kier alpha value is -3.87. The van der Waals surface area contributed by atoms with Gasteiger partial charge in [0.05, 0.1) is 0 Å². The van der Waals surface area contributed by atoms with Crippen LogP contribution in [0.1, 0.15) is 32.7 Å². The summed E-state index contributed by atoms with van der Waals surface area (Å²) in [5, 5.41) is 6.83. The van der Waals surface area contributed by atoms with Crippen LogP contribution in [0.2, 0.25) is 0 Å². The second-order valence-corrected chi connectivity index (χ2v) is 7.67. The topological polar surface area (TPSA) is 103 Å². The lowest BCUT2D eigenvalue weighted by atomic mass is 10.00. The predicted molar refractivity (Wildman–Crippen MR) is 120 cm³/mol. The number of nitrogens with zero attached hydrogens (tertiary/aromatic N) is 1. The Balaban J connectivity index is 1.50. The molecule has 31 heavy (non-hydrogen) atoms. The van der Waals surface area contributed by atoms with E-state index in [-0.39, 0.29) is 11.8 Å². The first kappa shape index (κ1) is 20.4. The molecule has 0 aliphatic carbocycles. The molecule has 158 valence electrons. The second kappa shape index (κ2) is 8.87. The Bertz CT molecular complexity index is 1220. The van der Waals surface area contributed by atoms with Crippen molar-refractivity contribution in [2.24, 2.45) is 0 Å². The first-order chi connectivity index (χ1) is 15.0. The number of carbonyl (C=O) groups excluding carboxylic acids is 2. The average molecular weight is 415 g/mol. The summed E-state index contributed by atoms with van der Waals surface area (Å²) in [7, 11) is 0. The van der Waals surface area contributed by atoms with Crippen LogP contribution in [0.3, 0.4) is 0 Å². The zero-order valence-electron chi connectivity index (χ0n) is 17.5. The van der Waals surface area contributed by atoms with Crippen LogP contribution >= 0.6 is 0 Å². The summed E-state index contributed by atoms with van der Waals surface area (Å²) in [6.07, 6.45) is 5.68. The average Bonchev–Trinajstić information content (AvgIpc) is 3.41. The molecule has 4 aromatic rings. The summed E-state index contributed by atoms with van der Waals surface area (Å²) >= 11 is 0. The Morgan fingerprint density at radius 3 is 2.61 bits per heavy atom. The van der Waals surface area contributed by atoms with E-state index in [9.17, 15) is 9.59 Å². The number of carbonyl (C=O) groups is 2. The fourth-order valence-corrected chi connectivity index (χ4v) is 3.58. The summed E-state index contributed by atoms with van der Waals surface area (Å²) in [5.41, 5.74) is 5.08. The zero-order chi connectivity index (χ0) is 21.8. The second-order valence-electron chi connectivity index (χ2n) is 7.67. The molecule has 0 saturated carbocycles. The van der Waals surface area contributed by atoms with E-state index in [1.165, 1.54) is 0 Å². The number of rotatable bonds is 7. The van der Waals surface area contributed by atoms with Crippen LogP contribution < -0.4 is 10.6 Å². The minimum atomic E-state index is -0.708. The Kier molecular flexibility index (Phi) is 5.84. The van der Waals surface area contributed by atoms with Crippen LogP contribution in [-0.2, 0) is 17.8 Å². The highest BCUT2D eigenvalue weighted by molar-refractivity contribution is 5.97. The fourth-order valence-electron chi connectivity index (χ4n) is 3.58. The summed E-state index contributed by atoms with van der Waals surface area (Å²) < 4.78 is 0. The molecule has 0 aliphatic heterocycles. The molecule has 0 spiro atoms. The molecular formula is C24H25N5O2. The number of aromatic amines is 2. The standard InChI is InChI=1S/C24H25N5O2/c1-15-5-3-4-6-18(15)12-20(29-24(31)21-16(2)7-9-25-21)23(30)28-14-17-11-19-8-10-26-22(19)27-13-17/h3-11,13,20,25H,12,14H2,1-2H3,(H,26,27)(H,28,30)(H,29,31)/t20-/m0/s1. The third kappa shape index (κ3) is 4.66. The van der Waals surface area contributed by atoms with E-state index in [4.69, 9.17) is 0 Å². The molecule has 3 heterocycles. The summed E-state index contributed by atoms with van der Waals surface area (Å²) in [5.74, 6) is -0.540. The van der Waals surface area contributed by atoms with Crippen LogP contribution in [0, 0.1) is 13.8 Å². The number of H-pyrrole nitrogens is 2. The van der Waals surface area contributed by atoms with E-state index in [2.05, 4.69) is 25.6 Å². The third-order valence-corrected chi connectivity index (χ3v) is 5.41. The monoisotopic (exact) mass is 415 g/mol. The first-order valence-corrected chi connectivity index (χ1v) is 10.2. The lowest BCUT2D eigenvalue weighted by Gasteiger charge is -2.19. The van der Waals surface area contributed by atoms with Crippen LogP contribution in [0.5, 0.6) is 0 Å². The van der Waals surface area contributed by atoms with E-state index in [0.29, 0.717) is 18.7 Å². The van der Waals surface area contributed by atoms with Gasteiger partial charge in [0.1, 0.15) is 17.4 Å². The predicted octanol–water partition coefficient (Wildman–Crippen LogP) is 3.17. The van der Waals surface area contributed by atoms with Crippen molar-refractivity contribution in [3.05, 3.63) is 89.0 Å². The van der Waals surface area contributed by atoms with Crippen molar-refractivity contribution in [2.45, 2.75) is 32.9 Å². The minimum Gasteiger partial charge on any atom is -0.357 e. The first-order valence-electron chi connectivity index (χ1n) is 10.2. The number of nitrogens with one attached hydrogen (secondary N) is 4. The van der Waals surface area contributed by atoms with Crippen molar-refractivity contribution < 1.29 is 9.59 Å². The molecule has 0 unspecified atom stereocenters. The molecule has 0 aliphatic rings. The van der Waals surface area contributed by atoms with Crippen molar-refractivity contribution in [2.75, 3.05) is 0 Å². The van der Waals surface area contributed by atoms with Crippen molar-refractivity contribution in [3.8, 4) is 0 Å². The van der Waals surface area contributed by atoms with Crippen LogP contribution in [0.15, 0.2) is 61.1 Å². The Morgan fingerprint density at radius 2 is 1.84 bits per heavy atom. The van der Waals surface area contributed by atoms with Gasteiger partial charge in [0.15, 0.2) is 0 Å². The van der Waals surface area contributed by atoms with Crippen molar-refractivity contribution in [3.63, 3.8) is 0 Å². The SMILES string of the molecule is Cc1ccccc1C[C@H](NC(=O)c1[nH]ccc1C)C(=O)NCc1cnc2[nH]ccc2c1. The molecule has 0 radical (unpaired) electrons. The smallest absolute Gasteiger partial charge is 0.268 e. The number of aryl methyl sites for hydroxylation is 2. The Morgan fingerprint density at radius 1 is 1.03 bits per heavy atom. The third-order valence-electron chi connectivity index (χ3n) is 5.41. The van der Waals surface area contributed by atoms with Gasteiger partial charge in [-0.2, -0.15) is 0 Å². The van der Waals surface area contributed by atoms with Crippen molar-refractivity contribution >= 4 is 22.8 Å². The van der Waals surface area contributed by atoms with E-state index in [1.54, 1.807) is 12.4 Å². The number of benzene rings is 1. The number of aromatic nitrogens is 3. The summed E-state index contributed by atoms with van der Waals surface area (Å²) in [6, 6.07) is 12.9. The van der Waals surface area contributed by atoms with Crippen LogP contribution in [0.4, 0.5) is 0 Å². The van der Waals surface area contributed by atoms with Crippen LogP contribution in [-0.4, -0.2) is 32.8 Å². The van der Waals surface area contributed by atoms with Crippen molar-refractivity contribution in [1.29, 1.82) is 0 Å². The maximum atomic E-state index is 13.1. The van der Waals surface area contributed by atoms with Gasteiger partial charge in [-0.15, -0.1) is 0 Å². The van der Waals surface area contributed by atoms with Gasteiger partial charge in [0.25, 0.3) is 5.91 Å². The molecule has 0 bridgehead atoms. The number of pyridine rings is 1. The van der Waals surface area contributed by atoms with E-state index in [0.717, 1.165) is 33.3 Å². The highest BCUT2D eigenvalue weighted by Gasteiger charge is 2.23. The van der Waals surface area contributed by atoms with Crippen molar-refractivity contribution in [1.82, 2.24) is 25.6 Å². The molecule has 2 amide bonds. The molecule has 0 saturated heterocycles. The van der Waals surface area contributed by atoms with Gasteiger partial charge < -0.3 is 20.6 Å². The van der Waals surface area contributed by atoms with Gasteiger partial charge in [0.2, 0.25) is 5.91 Å². The largest absolute Gasteiger partial charge is 0.357 e. The van der Waals surface area contributed by atoms with Gasteiger partial charge in [-0.25, -0.2) is 4.98 Å². The fraction of sp³-hybridized carbons (Fsp3) is 0.208. The molecule has 3 aromatic heterocycles. The molecular weight excluding hydrogens is 390 g/mol. The molecule has 0 fully saturated rings. The summed E-state index contributed by atoms with van der Waals surface area (Å²) in [4.78, 5) is 36.2. The van der Waals surface area contributed by atoms with Gasteiger partial charge in [-0.3, -0.25) is 9.59 Å². The normalized spacial score (nSPS) is 11.9. The highest BCUT2D eigenvalue weighted by Crippen LogP contribution is 2.13. The van der Waals surface area contributed by atoms with E-state index >= 15 is 0 Å². The number of fused-ring (bicyclic) bond motifs is 1. The summed E-state index contributed by atoms with van der Waals surface area (Å²) in [6.45, 7) is 4.18. The van der Waals surface area contributed by atoms with Gasteiger partial charge in [0, 0.05) is 36.9 Å². The lowest BCUT2D eigenvalue weighted by molar-refractivity contribution is -0.123. The molecule has 1 aromatic carbocycles. The lowest BCUT2D eigenvalue weighted by Crippen LogP contribution is -2.48. The molecule has 4 N–H and O–H groups in total. The minimum absolute atomic E-state index is 0.241. The van der Waals surface area contributed by atoms with E-state index in [1.807, 2.05) is 62.5 Å². The molecule has 1 atom stereocenters. The van der Waals surface area contributed by atoms with Crippen LogP contribution in [0.25, 0.3) is 11.0 Å². The van der Waals surface area contributed by atoms with Gasteiger partial charge >= 0.3 is 0 Å². The number of amides is 2. The maximum absolute atomic E-state index is 13.1. The maximum Gasteiger partial charge on any atom is 0.268 e. The molecule has 4 rings (SSSR count). The highest BCUT2D eigenvalue weighted by atomic mass is 16.2. The quantitative estimate of drug-likeness (QED) is 0.373. The molecule has 7 nitrogen and oxygen atoms in total. The molecule has 7 heteroatoms. The van der Waals surface area contributed by atoms with E-state index < -0.39 is 6.04 Å². The number of hydrogen-bond donors (Lipinski definition) is 4.